The molecule has 2 unspecified atom stereocenters. The summed E-state index contributed by atoms with van der Waals surface area (Å²) < 4.78 is 29.8. The van der Waals surface area contributed by atoms with E-state index in [0.29, 0.717) is 11.5 Å². The fraction of sp³-hybridized carbons (Fsp3) is 0.219. The first-order valence-corrected chi connectivity index (χ1v) is 15.9. The molecule has 0 aromatic heterocycles. The van der Waals surface area contributed by atoms with E-state index < -0.39 is 22.1 Å². The molecule has 39 heavy (non-hydrogen) atoms. The van der Waals surface area contributed by atoms with Crippen molar-refractivity contribution in [2.75, 3.05) is 0 Å². The third-order valence-electron chi connectivity index (χ3n) is 5.93. The van der Waals surface area contributed by atoms with Crippen LogP contribution in [-0.4, -0.2) is 8.42 Å². The van der Waals surface area contributed by atoms with Crippen molar-refractivity contribution in [1.29, 1.82) is 0 Å². The number of halogens is 1. The van der Waals surface area contributed by atoms with Crippen molar-refractivity contribution in [3.63, 3.8) is 0 Å². The Morgan fingerprint density at radius 1 is 0.667 bits per heavy atom. The zero-order valence-electron chi connectivity index (χ0n) is 23.0. The molecule has 4 aromatic carbocycles. The third kappa shape index (κ3) is 11.0. The number of aryl methyl sites for hydroxylation is 2. The van der Waals surface area contributed by atoms with Crippen molar-refractivity contribution in [1.82, 2.24) is 0 Å². The van der Waals surface area contributed by atoms with E-state index in [1.807, 2.05) is 84.9 Å². The summed E-state index contributed by atoms with van der Waals surface area (Å²) in [5, 5.41) is 0. The predicted octanol–water partition coefficient (Wildman–Crippen LogP) is 9.85. The number of nitrogens with zero attached hydrogens (tertiary/aromatic N) is 1. The monoisotopic (exact) mass is 650 g/mol. The van der Waals surface area contributed by atoms with Crippen LogP contribution in [-0.2, 0) is 27.3 Å². The standard InChI is InChI=1S/C21H20N2O2S.C10H14.CH3.ClH.Ru/c1-16-12-14-19(15-13-16)26(24,25)23-21(18-10-6-3-7-11-18)20(22)17-8-4-2-5-9-17;1-8(2)10-6-4-9(3)5-7-10;;;/h2-15,20-22H,1H3;4-8H,1-3H3;1H3;1H;/q-2;;-1;;+4/p-1. The molecule has 7 heteroatoms. The predicted molar refractivity (Wildman–Crippen MR) is 162 cm³/mol. The first kappa shape index (κ1) is 34.7. The summed E-state index contributed by atoms with van der Waals surface area (Å²) >= 11 is 1.82. The van der Waals surface area contributed by atoms with E-state index in [4.69, 9.17) is 5.73 Å². The summed E-state index contributed by atoms with van der Waals surface area (Å²) in [6.07, 6.45) is 0. The SMILES string of the molecule is Cc1ccc(C(C)C)cc1.Cc1ccc(S(=O)(=O)[N-]C(c2ccccc2)C([NH-])c2ccccc2)cc1.[CH3-].[Cl][Ru+3]. The van der Waals surface area contributed by atoms with Crippen LogP contribution in [0.5, 0.6) is 0 Å². The molecular formula is C32H37ClN2O2RuS. The van der Waals surface area contributed by atoms with Gasteiger partial charge in [0.1, 0.15) is 10.0 Å². The second-order valence-corrected chi connectivity index (χ2v) is 10.8. The zero-order valence-corrected chi connectivity index (χ0v) is 26.3. The van der Waals surface area contributed by atoms with Gasteiger partial charge in [0.05, 0.1) is 0 Å². The van der Waals surface area contributed by atoms with Gasteiger partial charge in [-0.2, -0.15) is 0 Å². The van der Waals surface area contributed by atoms with Crippen molar-refractivity contribution < 1.29 is 25.7 Å². The van der Waals surface area contributed by atoms with Gasteiger partial charge in [-0.1, -0.05) is 133 Å². The maximum absolute atomic E-state index is 12.8. The molecule has 0 aliphatic heterocycles. The van der Waals surface area contributed by atoms with Gasteiger partial charge in [0.25, 0.3) is 0 Å². The van der Waals surface area contributed by atoms with Gasteiger partial charge in [0.2, 0.25) is 0 Å². The molecule has 0 saturated heterocycles. The number of hydrogen-bond acceptors (Lipinski definition) is 2. The molecule has 0 heterocycles. The molecule has 0 aliphatic rings. The van der Waals surface area contributed by atoms with Crippen LogP contribution in [0.2, 0.25) is 0 Å². The van der Waals surface area contributed by atoms with E-state index in [1.54, 1.807) is 24.3 Å². The molecule has 208 valence electrons. The number of nitrogens with one attached hydrogen (secondary N) is 1. The van der Waals surface area contributed by atoms with Crippen LogP contribution < -0.4 is 0 Å². The van der Waals surface area contributed by atoms with Gasteiger partial charge in [0, 0.05) is 4.90 Å². The number of sulfonamides is 1. The Labute approximate surface area is 249 Å². The number of hydrogen-bond donors (Lipinski definition) is 0. The van der Waals surface area contributed by atoms with Gasteiger partial charge in [-0.15, -0.1) is 12.1 Å². The van der Waals surface area contributed by atoms with E-state index in [-0.39, 0.29) is 12.3 Å². The Balaban J connectivity index is 0.000000493. The Kier molecular flexibility index (Phi) is 15.5. The average molecular weight is 650 g/mol. The van der Waals surface area contributed by atoms with Crippen molar-refractivity contribution in [3.05, 3.63) is 155 Å². The molecule has 2 atom stereocenters. The van der Waals surface area contributed by atoms with E-state index in [9.17, 15) is 8.42 Å². The van der Waals surface area contributed by atoms with Crippen molar-refractivity contribution in [2.45, 2.75) is 50.6 Å². The van der Waals surface area contributed by atoms with E-state index in [1.165, 1.54) is 11.1 Å². The third-order valence-corrected chi connectivity index (χ3v) is 7.30. The Morgan fingerprint density at radius 3 is 1.51 bits per heavy atom. The minimum absolute atomic E-state index is 0. The number of rotatable bonds is 7. The van der Waals surface area contributed by atoms with Crippen LogP contribution in [0.25, 0.3) is 10.5 Å². The zero-order chi connectivity index (χ0) is 28.1. The fourth-order valence-corrected chi connectivity index (χ4v) is 4.82. The summed E-state index contributed by atoms with van der Waals surface area (Å²) in [5.41, 5.74) is 13.8. The summed E-state index contributed by atoms with van der Waals surface area (Å²) in [6.45, 7) is 8.44. The van der Waals surface area contributed by atoms with E-state index >= 15 is 0 Å². The molecule has 0 saturated carbocycles. The Morgan fingerprint density at radius 2 is 1.08 bits per heavy atom. The normalized spacial score (nSPS) is 12.1. The van der Waals surface area contributed by atoms with Gasteiger partial charge in [-0.25, -0.2) is 8.42 Å². The van der Waals surface area contributed by atoms with E-state index in [0.717, 1.165) is 11.1 Å². The molecule has 0 fully saturated rings. The summed E-state index contributed by atoms with van der Waals surface area (Å²) in [4.78, 5) is 0.143. The molecule has 0 spiro atoms. The summed E-state index contributed by atoms with van der Waals surface area (Å²) in [7, 11) is 0.696. The van der Waals surface area contributed by atoms with Crippen LogP contribution in [0.3, 0.4) is 0 Å². The average Bonchev–Trinajstić information content (AvgIpc) is 2.94. The Hall–Kier alpha value is -2.34. The summed E-state index contributed by atoms with van der Waals surface area (Å²) in [6, 6.07) is 32.0. The van der Waals surface area contributed by atoms with Gasteiger partial charge in [-0.3, -0.25) is 0 Å². The van der Waals surface area contributed by atoms with Crippen molar-refractivity contribution in [2.24, 2.45) is 0 Å². The van der Waals surface area contributed by atoms with Gasteiger partial charge in [-0.05, 0) is 37.5 Å². The molecule has 0 amide bonds. The van der Waals surface area contributed by atoms with Gasteiger partial charge in [0.15, 0.2) is 0 Å². The molecule has 0 aliphatic carbocycles. The van der Waals surface area contributed by atoms with Crippen LogP contribution >= 0.6 is 9.69 Å². The quantitative estimate of drug-likeness (QED) is 0.148. The van der Waals surface area contributed by atoms with Crippen LogP contribution in [0.4, 0.5) is 0 Å². The second-order valence-electron chi connectivity index (χ2n) is 9.20. The fourth-order valence-electron chi connectivity index (χ4n) is 3.68. The Bertz CT molecular complexity index is 1320. The number of benzene rings is 4. The topological polar surface area (TPSA) is 72.0 Å². The molecule has 4 nitrogen and oxygen atoms in total. The molecule has 0 bridgehead atoms. The summed E-state index contributed by atoms with van der Waals surface area (Å²) in [5.74, 6) is 0.653. The molecule has 4 aromatic rings. The molecule has 1 N–H and O–H groups in total. The van der Waals surface area contributed by atoms with Crippen LogP contribution in [0.15, 0.2) is 114 Å². The molecule has 0 radical (unpaired) electrons. The van der Waals surface area contributed by atoms with Gasteiger partial charge >= 0.3 is 27.0 Å². The van der Waals surface area contributed by atoms with Crippen LogP contribution in [0, 0.1) is 21.3 Å². The molecular weight excluding hydrogens is 613 g/mol. The molecule has 4 rings (SSSR count). The first-order chi connectivity index (χ1) is 18.2. The minimum atomic E-state index is -3.87. The first-order valence-electron chi connectivity index (χ1n) is 12.2. The van der Waals surface area contributed by atoms with E-state index in [2.05, 4.69) is 59.4 Å². The second kappa shape index (κ2) is 17.4. The van der Waals surface area contributed by atoms with Crippen LogP contribution in [0.1, 0.15) is 59.7 Å². The maximum atomic E-state index is 12.8. The van der Waals surface area contributed by atoms with Gasteiger partial charge < -0.3 is 17.9 Å². The van der Waals surface area contributed by atoms with Crippen molar-refractivity contribution in [3.8, 4) is 0 Å². The van der Waals surface area contributed by atoms with Crippen molar-refractivity contribution >= 4 is 19.7 Å².